The number of benzene rings is 2. The average Bonchev–Trinajstić information content (AvgIpc) is 2.85. The molecule has 1 aliphatic rings. The van der Waals surface area contributed by atoms with E-state index in [2.05, 4.69) is 17.1 Å². The van der Waals surface area contributed by atoms with Gasteiger partial charge in [0.05, 0.1) is 5.02 Å². The van der Waals surface area contributed by atoms with Crippen molar-refractivity contribution < 1.29 is 9.53 Å². The summed E-state index contributed by atoms with van der Waals surface area (Å²) >= 11 is 12.0. The van der Waals surface area contributed by atoms with E-state index in [1.54, 1.807) is 18.2 Å². The summed E-state index contributed by atoms with van der Waals surface area (Å²) in [4.78, 5) is 17.9. The van der Waals surface area contributed by atoms with Crippen molar-refractivity contribution in [2.45, 2.75) is 12.8 Å². The number of amides is 1. The van der Waals surface area contributed by atoms with Crippen molar-refractivity contribution in [1.29, 1.82) is 0 Å². The largest absolute Gasteiger partial charge is 0.482 e. The van der Waals surface area contributed by atoms with Crippen LogP contribution in [-0.2, 0) is 17.6 Å². The highest BCUT2D eigenvalue weighted by atomic mass is 35.5. The summed E-state index contributed by atoms with van der Waals surface area (Å²) in [7, 11) is 0. The number of ether oxygens (including phenoxy) is 1. The van der Waals surface area contributed by atoms with Gasteiger partial charge in [-0.05, 0) is 36.2 Å². The van der Waals surface area contributed by atoms with Crippen LogP contribution < -0.4 is 4.74 Å². The Morgan fingerprint density at radius 2 is 1.92 bits per heavy atom. The molecule has 0 bridgehead atoms. The van der Waals surface area contributed by atoms with Gasteiger partial charge in [-0.2, -0.15) is 0 Å². The van der Waals surface area contributed by atoms with Gasteiger partial charge < -0.3 is 14.6 Å². The second kappa shape index (κ2) is 7.22. The number of halogens is 2. The Hall–Kier alpha value is -2.17. The molecular formula is C20H18Cl2N2O2. The third kappa shape index (κ3) is 3.39. The second-order valence-corrected chi connectivity index (χ2v) is 7.22. The predicted octanol–water partition coefficient (Wildman–Crippen LogP) is 4.48. The van der Waals surface area contributed by atoms with Gasteiger partial charge in [-0.15, -0.1) is 0 Å². The highest BCUT2D eigenvalue weighted by Crippen LogP contribution is 2.28. The molecule has 0 saturated carbocycles. The minimum Gasteiger partial charge on any atom is -0.482 e. The van der Waals surface area contributed by atoms with Crippen LogP contribution in [0, 0.1) is 0 Å². The number of hydrogen-bond acceptors (Lipinski definition) is 2. The molecule has 0 unspecified atom stereocenters. The molecule has 1 amide bonds. The van der Waals surface area contributed by atoms with Crippen molar-refractivity contribution in [3.63, 3.8) is 0 Å². The van der Waals surface area contributed by atoms with E-state index in [0.29, 0.717) is 28.9 Å². The van der Waals surface area contributed by atoms with Crippen LogP contribution in [0.1, 0.15) is 11.3 Å². The third-order valence-corrected chi connectivity index (χ3v) is 5.29. The predicted molar refractivity (Wildman–Crippen MR) is 104 cm³/mol. The highest BCUT2D eigenvalue weighted by Gasteiger charge is 2.21. The number of hydrogen-bond donors (Lipinski definition) is 1. The lowest BCUT2D eigenvalue weighted by molar-refractivity contribution is -0.133. The molecule has 2 aromatic carbocycles. The molecule has 1 N–H and O–H groups in total. The van der Waals surface area contributed by atoms with Crippen molar-refractivity contribution in [2.75, 3.05) is 19.7 Å². The first-order chi connectivity index (χ1) is 12.6. The van der Waals surface area contributed by atoms with E-state index < -0.39 is 0 Å². The molecule has 0 aliphatic carbocycles. The summed E-state index contributed by atoms with van der Waals surface area (Å²) < 4.78 is 5.59. The molecule has 26 heavy (non-hydrogen) atoms. The van der Waals surface area contributed by atoms with Crippen molar-refractivity contribution >= 4 is 40.0 Å². The Kier molecular flexibility index (Phi) is 4.79. The van der Waals surface area contributed by atoms with Gasteiger partial charge in [0.2, 0.25) is 0 Å². The van der Waals surface area contributed by atoms with E-state index in [0.717, 1.165) is 18.4 Å². The van der Waals surface area contributed by atoms with E-state index in [9.17, 15) is 4.79 Å². The van der Waals surface area contributed by atoms with Gasteiger partial charge in [-0.25, -0.2) is 0 Å². The van der Waals surface area contributed by atoms with Crippen LogP contribution in [0.25, 0.3) is 10.9 Å². The molecule has 0 saturated heterocycles. The van der Waals surface area contributed by atoms with Crippen LogP contribution >= 0.6 is 23.2 Å². The molecule has 0 atom stereocenters. The first-order valence-corrected chi connectivity index (χ1v) is 9.31. The van der Waals surface area contributed by atoms with Crippen LogP contribution in [0.15, 0.2) is 42.5 Å². The molecule has 0 fully saturated rings. The van der Waals surface area contributed by atoms with Gasteiger partial charge in [-0.3, -0.25) is 4.79 Å². The monoisotopic (exact) mass is 388 g/mol. The molecule has 134 valence electrons. The summed E-state index contributed by atoms with van der Waals surface area (Å²) in [5.41, 5.74) is 3.71. The standard InChI is InChI=1S/C20H18Cl2N2O2/c21-13-5-6-19(16(22)11-13)26-12-20(25)24-9-7-15-14-3-1-2-4-17(14)23-18(15)8-10-24/h1-6,11,23H,7-10,12H2. The lowest BCUT2D eigenvalue weighted by Gasteiger charge is -2.20. The summed E-state index contributed by atoms with van der Waals surface area (Å²) in [5, 5.41) is 2.19. The number of para-hydroxylation sites is 1. The Labute approximate surface area is 161 Å². The highest BCUT2D eigenvalue weighted by molar-refractivity contribution is 6.35. The molecule has 1 aromatic heterocycles. The Bertz CT molecular complexity index is 968. The van der Waals surface area contributed by atoms with Crippen molar-refractivity contribution in [2.24, 2.45) is 0 Å². The summed E-state index contributed by atoms with van der Waals surface area (Å²) in [6, 6.07) is 13.3. The van der Waals surface area contributed by atoms with Gasteiger partial charge >= 0.3 is 0 Å². The molecule has 3 aromatic rings. The SMILES string of the molecule is O=C(COc1ccc(Cl)cc1Cl)N1CCc2[nH]c3ccccc3c2CC1. The summed E-state index contributed by atoms with van der Waals surface area (Å²) in [6.45, 7) is 1.33. The van der Waals surface area contributed by atoms with E-state index in [1.165, 1.54) is 16.6 Å². The fraction of sp³-hybridized carbons (Fsp3) is 0.250. The van der Waals surface area contributed by atoms with Crippen LogP contribution in [0.5, 0.6) is 5.75 Å². The van der Waals surface area contributed by atoms with Gasteiger partial charge in [0.15, 0.2) is 6.61 Å². The molecule has 2 heterocycles. The first-order valence-electron chi connectivity index (χ1n) is 8.56. The van der Waals surface area contributed by atoms with Crippen molar-refractivity contribution in [1.82, 2.24) is 9.88 Å². The lowest BCUT2D eigenvalue weighted by Crippen LogP contribution is -2.36. The van der Waals surface area contributed by atoms with Crippen molar-refractivity contribution in [3.8, 4) is 5.75 Å². The fourth-order valence-electron chi connectivity index (χ4n) is 3.43. The number of rotatable bonds is 3. The second-order valence-electron chi connectivity index (χ2n) is 6.37. The normalized spacial score (nSPS) is 14.2. The maximum atomic E-state index is 12.6. The van der Waals surface area contributed by atoms with Gasteiger partial charge in [0, 0.05) is 41.1 Å². The van der Waals surface area contributed by atoms with Crippen LogP contribution in [0.3, 0.4) is 0 Å². The molecule has 0 radical (unpaired) electrons. The quantitative estimate of drug-likeness (QED) is 0.718. The first kappa shape index (κ1) is 17.3. The zero-order valence-corrected chi connectivity index (χ0v) is 15.6. The van der Waals surface area contributed by atoms with E-state index >= 15 is 0 Å². The number of H-pyrrole nitrogens is 1. The lowest BCUT2D eigenvalue weighted by atomic mass is 10.1. The number of carbonyl (C=O) groups excluding carboxylic acids is 1. The Balaban J connectivity index is 1.42. The van der Waals surface area contributed by atoms with Crippen LogP contribution in [-0.4, -0.2) is 35.5 Å². The zero-order valence-electron chi connectivity index (χ0n) is 14.1. The van der Waals surface area contributed by atoms with Gasteiger partial charge in [0.25, 0.3) is 5.91 Å². The van der Waals surface area contributed by atoms with Crippen LogP contribution in [0.4, 0.5) is 0 Å². The number of nitrogens with zero attached hydrogens (tertiary/aromatic N) is 1. The van der Waals surface area contributed by atoms with Crippen LogP contribution in [0.2, 0.25) is 10.0 Å². The maximum absolute atomic E-state index is 12.6. The molecular weight excluding hydrogens is 371 g/mol. The van der Waals surface area contributed by atoms with Crippen molar-refractivity contribution in [3.05, 3.63) is 63.8 Å². The molecule has 4 nitrogen and oxygen atoms in total. The number of aromatic nitrogens is 1. The number of fused-ring (bicyclic) bond motifs is 3. The van der Waals surface area contributed by atoms with E-state index in [4.69, 9.17) is 27.9 Å². The van der Waals surface area contributed by atoms with Gasteiger partial charge in [-0.1, -0.05) is 41.4 Å². The Morgan fingerprint density at radius 3 is 2.77 bits per heavy atom. The number of aromatic amines is 1. The Morgan fingerprint density at radius 1 is 1.12 bits per heavy atom. The number of nitrogens with one attached hydrogen (secondary N) is 1. The van der Waals surface area contributed by atoms with E-state index in [1.807, 2.05) is 17.0 Å². The topological polar surface area (TPSA) is 45.3 Å². The number of carbonyl (C=O) groups is 1. The molecule has 1 aliphatic heterocycles. The van der Waals surface area contributed by atoms with Gasteiger partial charge in [0.1, 0.15) is 5.75 Å². The summed E-state index contributed by atoms with van der Waals surface area (Å²) in [5.74, 6) is 0.431. The molecule has 6 heteroatoms. The minimum absolute atomic E-state index is 0.0317. The molecule has 0 spiro atoms. The third-order valence-electron chi connectivity index (χ3n) is 4.76. The fourth-order valence-corrected chi connectivity index (χ4v) is 3.90. The smallest absolute Gasteiger partial charge is 0.260 e. The average molecular weight is 389 g/mol. The summed E-state index contributed by atoms with van der Waals surface area (Å²) in [6.07, 6.45) is 1.66. The molecule has 4 rings (SSSR count). The van der Waals surface area contributed by atoms with E-state index in [-0.39, 0.29) is 12.5 Å². The minimum atomic E-state index is -0.0366. The zero-order chi connectivity index (χ0) is 18.1. The maximum Gasteiger partial charge on any atom is 0.260 e.